The van der Waals surface area contributed by atoms with Crippen LogP contribution in [0.5, 0.6) is 11.5 Å². The standard InChI is InChI=1S/C19H12BrF2NO4S/c20-12-7-9-15(10-8-12)28(25,26)23-19(24)16-5-2-6-17(22)18(16)27-14-4-1-3-13(21)11-14/h1-11H,(H,23,24). The molecule has 5 nitrogen and oxygen atoms in total. The van der Waals surface area contributed by atoms with Crippen molar-refractivity contribution in [2.75, 3.05) is 0 Å². The number of rotatable bonds is 5. The van der Waals surface area contributed by atoms with Crippen LogP contribution in [-0.4, -0.2) is 14.3 Å². The molecule has 0 bridgehead atoms. The van der Waals surface area contributed by atoms with Crippen LogP contribution < -0.4 is 9.46 Å². The van der Waals surface area contributed by atoms with E-state index in [1.807, 2.05) is 4.72 Å². The molecule has 0 aromatic heterocycles. The molecule has 0 atom stereocenters. The van der Waals surface area contributed by atoms with Crippen LogP contribution in [0.3, 0.4) is 0 Å². The van der Waals surface area contributed by atoms with Crippen LogP contribution in [0.25, 0.3) is 0 Å². The summed E-state index contributed by atoms with van der Waals surface area (Å²) in [5, 5.41) is 0. The molecule has 144 valence electrons. The molecule has 9 heteroatoms. The molecule has 0 saturated carbocycles. The van der Waals surface area contributed by atoms with Gasteiger partial charge in [-0.15, -0.1) is 0 Å². The molecule has 0 aliphatic carbocycles. The second-order valence-corrected chi connectivity index (χ2v) is 8.16. The minimum absolute atomic E-state index is 0.0464. The number of hydrogen-bond donors (Lipinski definition) is 1. The quantitative estimate of drug-likeness (QED) is 0.593. The zero-order chi connectivity index (χ0) is 20.3. The first-order chi connectivity index (χ1) is 13.3. The monoisotopic (exact) mass is 467 g/mol. The Kier molecular flexibility index (Phi) is 5.76. The first-order valence-electron chi connectivity index (χ1n) is 7.81. The van der Waals surface area contributed by atoms with Gasteiger partial charge >= 0.3 is 0 Å². The van der Waals surface area contributed by atoms with E-state index < -0.39 is 33.3 Å². The summed E-state index contributed by atoms with van der Waals surface area (Å²) in [6, 6.07) is 14.0. The van der Waals surface area contributed by atoms with Gasteiger partial charge < -0.3 is 4.74 Å². The first-order valence-corrected chi connectivity index (χ1v) is 10.1. The van der Waals surface area contributed by atoms with Gasteiger partial charge in [0.1, 0.15) is 11.6 Å². The highest BCUT2D eigenvalue weighted by atomic mass is 79.9. The van der Waals surface area contributed by atoms with Crippen LogP contribution in [-0.2, 0) is 10.0 Å². The van der Waals surface area contributed by atoms with Crippen molar-refractivity contribution < 1.29 is 26.7 Å². The van der Waals surface area contributed by atoms with Crippen LogP contribution in [0.1, 0.15) is 10.4 Å². The number of nitrogens with one attached hydrogen (secondary N) is 1. The average molecular weight is 468 g/mol. The van der Waals surface area contributed by atoms with Gasteiger partial charge in [-0.25, -0.2) is 21.9 Å². The summed E-state index contributed by atoms with van der Waals surface area (Å²) in [6.45, 7) is 0. The summed E-state index contributed by atoms with van der Waals surface area (Å²) in [6.07, 6.45) is 0. The summed E-state index contributed by atoms with van der Waals surface area (Å²) in [7, 11) is -4.19. The Hall–Kier alpha value is -2.78. The van der Waals surface area contributed by atoms with Gasteiger partial charge in [-0.05, 0) is 48.5 Å². The third kappa shape index (κ3) is 4.55. The van der Waals surface area contributed by atoms with Crippen molar-refractivity contribution in [1.29, 1.82) is 0 Å². The lowest BCUT2D eigenvalue weighted by Gasteiger charge is -2.13. The van der Waals surface area contributed by atoms with Gasteiger partial charge in [0.05, 0.1) is 10.5 Å². The van der Waals surface area contributed by atoms with Crippen LogP contribution >= 0.6 is 15.9 Å². The van der Waals surface area contributed by atoms with Crippen molar-refractivity contribution in [2.45, 2.75) is 4.90 Å². The molecule has 0 saturated heterocycles. The molecule has 0 aliphatic heterocycles. The predicted octanol–water partition coefficient (Wildman–Crippen LogP) is 4.64. The molecular formula is C19H12BrF2NO4S. The number of sulfonamides is 1. The lowest BCUT2D eigenvalue weighted by atomic mass is 10.2. The number of hydrogen-bond acceptors (Lipinski definition) is 4. The van der Waals surface area contributed by atoms with Crippen molar-refractivity contribution in [3.8, 4) is 11.5 Å². The average Bonchev–Trinajstić information content (AvgIpc) is 2.63. The molecule has 0 radical (unpaired) electrons. The zero-order valence-corrected chi connectivity index (χ0v) is 16.4. The maximum Gasteiger partial charge on any atom is 0.268 e. The minimum atomic E-state index is -4.19. The van der Waals surface area contributed by atoms with Crippen molar-refractivity contribution in [3.63, 3.8) is 0 Å². The fourth-order valence-corrected chi connectivity index (χ4v) is 3.52. The van der Waals surface area contributed by atoms with E-state index in [1.165, 1.54) is 54.6 Å². The van der Waals surface area contributed by atoms with Gasteiger partial charge in [0.25, 0.3) is 15.9 Å². The number of halogens is 3. The number of carbonyl (C=O) groups is 1. The van der Waals surface area contributed by atoms with E-state index in [0.717, 1.165) is 12.1 Å². The Morgan fingerprint density at radius 1 is 0.964 bits per heavy atom. The molecule has 1 amide bonds. The summed E-state index contributed by atoms with van der Waals surface area (Å²) in [5.41, 5.74) is -0.357. The molecule has 0 heterocycles. The highest BCUT2D eigenvalue weighted by Gasteiger charge is 2.23. The fraction of sp³-hybridized carbons (Fsp3) is 0. The molecule has 0 aliphatic rings. The van der Waals surface area contributed by atoms with E-state index in [2.05, 4.69) is 15.9 Å². The second-order valence-electron chi connectivity index (χ2n) is 5.56. The summed E-state index contributed by atoms with van der Waals surface area (Å²) in [4.78, 5) is 12.4. The number of carbonyl (C=O) groups excluding carboxylic acids is 1. The van der Waals surface area contributed by atoms with E-state index in [0.29, 0.717) is 4.47 Å². The lowest BCUT2D eigenvalue weighted by molar-refractivity contribution is 0.0978. The second kappa shape index (κ2) is 8.07. The third-order valence-electron chi connectivity index (χ3n) is 3.58. The largest absolute Gasteiger partial charge is 0.453 e. The predicted molar refractivity (Wildman–Crippen MR) is 102 cm³/mol. The SMILES string of the molecule is O=C(NS(=O)(=O)c1ccc(Br)cc1)c1cccc(F)c1Oc1cccc(F)c1. The Morgan fingerprint density at radius 2 is 1.64 bits per heavy atom. The summed E-state index contributed by atoms with van der Waals surface area (Å²) in [5.74, 6) is -3.17. The number of ether oxygens (including phenoxy) is 1. The van der Waals surface area contributed by atoms with Gasteiger partial charge in [0, 0.05) is 10.5 Å². The Labute approximate surface area is 168 Å². The van der Waals surface area contributed by atoms with Gasteiger partial charge in [-0.2, -0.15) is 0 Å². The van der Waals surface area contributed by atoms with Gasteiger partial charge in [-0.3, -0.25) is 4.79 Å². The van der Waals surface area contributed by atoms with Crippen LogP contribution in [0.4, 0.5) is 8.78 Å². The van der Waals surface area contributed by atoms with Crippen molar-refractivity contribution >= 4 is 31.9 Å². The topological polar surface area (TPSA) is 72.5 Å². The van der Waals surface area contributed by atoms with Crippen molar-refractivity contribution in [1.82, 2.24) is 4.72 Å². The highest BCUT2D eigenvalue weighted by molar-refractivity contribution is 9.10. The maximum absolute atomic E-state index is 14.2. The Morgan fingerprint density at radius 3 is 2.32 bits per heavy atom. The smallest absolute Gasteiger partial charge is 0.268 e. The van der Waals surface area contributed by atoms with Gasteiger partial charge in [-0.1, -0.05) is 28.1 Å². The molecule has 3 rings (SSSR count). The van der Waals surface area contributed by atoms with E-state index in [9.17, 15) is 22.0 Å². The molecule has 0 spiro atoms. The normalized spacial score (nSPS) is 11.1. The maximum atomic E-state index is 14.2. The van der Waals surface area contributed by atoms with E-state index in [4.69, 9.17) is 4.74 Å². The fourth-order valence-electron chi connectivity index (χ4n) is 2.29. The van der Waals surface area contributed by atoms with E-state index >= 15 is 0 Å². The number of amides is 1. The molecule has 3 aromatic carbocycles. The van der Waals surface area contributed by atoms with Gasteiger partial charge in [0.2, 0.25) is 0 Å². The highest BCUT2D eigenvalue weighted by Crippen LogP contribution is 2.29. The zero-order valence-electron chi connectivity index (χ0n) is 14.0. The summed E-state index contributed by atoms with van der Waals surface area (Å²) < 4.78 is 60.2. The minimum Gasteiger partial charge on any atom is -0.453 e. The number of benzene rings is 3. The van der Waals surface area contributed by atoms with Crippen molar-refractivity contribution in [2.24, 2.45) is 0 Å². The molecule has 28 heavy (non-hydrogen) atoms. The number of para-hydroxylation sites is 1. The molecule has 3 aromatic rings. The van der Waals surface area contributed by atoms with Crippen LogP contribution in [0, 0.1) is 11.6 Å². The van der Waals surface area contributed by atoms with Crippen LogP contribution in [0.2, 0.25) is 0 Å². The van der Waals surface area contributed by atoms with Crippen LogP contribution in [0.15, 0.2) is 76.1 Å². The van der Waals surface area contributed by atoms with E-state index in [1.54, 1.807) is 0 Å². The Balaban J connectivity index is 1.92. The molecule has 1 N–H and O–H groups in total. The van der Waals surface area contributed by atoms with E-state index in [-0.39, 0.29) is 16.2 Å². The van der Waals surface area contributed by atoms with Gasteiger partial charge in [0.15, 0.2) is 11.6 Å². The third-order valence-corrected chi connectivity index (χ3v) is 5.45. The lowest BCUT2D eigenvalue weighted by Crippen LogP contribution is -2.31. The molecule has 0 fully saturated rings. The Bertz CT molecular complexity index is 1130. The van der Waals surface area contributed by atoms with Crippen molar-refractivity contribution in [3.05, 3.63) is 88.4 Å². The molecular weight excluding hydrogens is 456 g/mol. The first kappa shape index (κ1) is 20.0. The molecule has 0 unspecified atom stereocenters. The summed E-state index contributed by atoms with van der Waals surface area (Å²) >= 11 is 3.19.